The number of hydrogen-bond acceptors (Lipinski definition) is 2. The number of benzene rings is 1. The minimum atomic E-state index is -0.0452. The van der Waals surface area contributed by atoms with E-state index in [9.17, 15) is 5.26 Å². The van der Waals surface area contributed by atoms with Crippen molar-refractivity contribution < 1.29 is 0 Å². The average Bonchev–Trinajstić information content (AvgIpc) is 2.35. The summed E-state index contributed by atoms with van der Waals surface area (Å²) in [5.41, 5.74) is 4.09. The van der Waals surface area contributed by atoms with Crippen LogP contribution in [0.2, 0.25) is 0 Å². The second-order valence-electron chi connectivity index (χ2n) is 6.16. The van der Waals surface area contributed by atoms with Gasteiger partial charge in [0.15, 0.2) is 0 Å². The Balaban J connectivity index is 1.88. The molecule has 0 aromatic heterocycles. The molecule has 0 bridgehead atoms. The molecule has 0 unspecified atom stereocenters. The van der Waals surface area contributed by atoms with Gasteiger partial charge in [0.05, 0.1) is 11.5 Å². The highest BCUT2D eigenvalue weighted by Gasteiger charge is 2.37. The summed E-state index contributed by atoms with van der Waals surface area (Å²) < 4.78 is 0. The van der Waals surface area contributed by atoms with Crippen LogP contribution in [0.1, 0.15) is 36.0 Å². The van der Waals surface area contributed by atoms with Gasteiger partial charge in [0.1, 0.15) is 0 Å². The molecule has 1 aliphatic carbocycles. The Bertz CT molecular complexity index is 481. The molecular formula is C17H24N2. The first-order valence-corrected chi connectivity index (χ1v) is 7.21. The van der Waals surface area contributed by atoms with Gasteiger partial charge in [0.25, 0.3) is 0 Å². The Morgan fingerprint density at radius 2 is 2.05 bits per heavy atom. The van der Waals surface area contributed by atoms with Gasteiger partial charge in [-0.1, -0.05) is 30.2 Å². The fourth-order valence-electron chi connectivity index (χ4n) is 2.89. The van der Waals surface area contributed by atoms with Gasteiger partial charge in [0, 0.05) is 13.1 Å². The average molecular weight is 256 g/mol. The first-order valence-electron chi connectivity index (χ1n) is 7.21. The quantitative estimate of drug-likeness (QED) is 0.806. The van der Waals surface area contributed by atoms with Gasteiger partial charge in [-0.2, -0.15) is 5.26 Å². The molecule has 0 radical (unpaired) electrons. The van der Waals surface area contributed by atoms with Crippen molar-refractivity contribution in [1.82, 2.24) is 4.90 Å². The Hall–Kier alpha value is -1.33. The third kappa shape index (κ3) is 3.36. The van der Waals surface area contributed by atoms with Gasteiger partial charge in [0.2, 0.25) is 0 Å². The van der Waals surface area contributed by atoms with Crippen LogP contribution in [0.3, 0.4) is 0 Å². The summed E-state index contributed by atoms with van der Waals surface area (Å²) in [7, 11) is 2.14. The standard InChI is InChI=1S/C17H24N2/c1-14-5-6-15(2)16(11-14)7-10-19(3)13-17(12-18)8-4-9-17/h5-6,11H,4,7-10,13H2,1-3H3. The van der Waals surface area contributed by atoms with Crippen molar-refractivity contribution in [3.8, 4) is 6.07 Å². The molecule has 0 amide bonds. The molecule has 1 aromatic rings. The zero-order valence-electron chi connectivity index (χ0n) is 12.4. The maximum Gasteiger partial charge on any atom is 0.0703 e. The molecule has 2 nitrogen and oxygen atoms in total. The van der Waals surface area contributed by atoms with Crippen molar-refractivity contribution >= 4 is 0 Å². The molecule has 0 saturated heterocycles. The number of nitriles is 1. The third-order valence-electron chi connectivity index (χ3n) is 4.39. The molecule has 2 heteroatoms. The fraction of sp³-hybridized carbons (Fsp3) is 0.588. The molecule has 2 rings (SSSR count). The second kappa shape index (κ2) is 5.75. The molecule has 0 spiro atoms. The van der Waals surface area contributed by atoms with Gasteiger partial charge in [-0.15, -0.1) is 0 Å². The van der Waals surface area contributed by atoms with Crippen molar-refractivity contribution in [2.75, 3.05) is 20.1 Å². The summed E-state index contributed by atoms with van der Waals surface area (Å²) in [4.78, 5) is 2.32. The number of rotatable bonds is 5. The zero-order chi connectivity index (χ0) is 13.9. The van der Waals surface area contributed by atoms with Crippen LogP contribution < -0.4 is 0 Å². The molecule has 1 fully saturated rings. The Labute approximate surface area is 117 Å². The maximum absolute atomic E-state index is 9.27. The highest BCUT2D eigenvalue weighted by Crippen LogP contribution is 2.40. The van der Waals surface area contributed by atoms with Gasteiger partial charge in [-0.3, -0.25) is 0 Å². The molecule has 0 aliphatic heterocycles. The number of hydrogen-bond donors (Lipinski definition) is 0. The molecule has 102 valence electrons. The van der Waals surface area contributed by atoms with E-state index in [1.807, 2.05) is 0 Å². The minimum Gasteiger partial charge on any atom is -0.304 e. The molecule has 19 heavy (non-hydrogen) atoms. The van der Waals surface area contributed by atoms with Crippen LogP contribution >= 0.6 is 0 Å². The van der Waals surface area contributed by atoms with E-state index in [0.29, 0.717) is 0 Å². The highest BCUT2D eigenvalue weighted by molar-refractivity contribution is 5.30. The van der Waals surface area contributed by atoms with Crippen molar-refractivity contribution in [3.05, 3.63) is 34.9 Å². The van der Waals surface area contributed by atoms with Crippen molar-refractivity contribution in [1.29, 1.82) is 5.26 Å². The molecule has 1 aromatic carbocycles. The van der Waals surface area contributed by atoms with Crippen LogP contribution in [0.15, 0.2) is 18.2 Å². The van der Waals surface area contributed by atoms with Crippen LogP contribution in [0, 0.1) is 30.6 Å². The summed E-state index contributed by atoms with van der Waals surface area (Å²) in [5, 5.41) is 9.27. The smallest absolute Gasteiger partial charge is 0.0703 e. The Morgan fingerprint density at radius 1 is 1.32 bits per heavy atom. The van der Waals surface area contributed by atoms with Crippen LogP contribution in [0.4, 0.5) is 0 Å². The van der Waals surface area contributed by atoms with Crippen LogP contribution in [0.5, 0.6) is 0 Å². The first kappa shape index (κ1) is 14.1. The Kier molecular flexibility index (Phi) is 4.27. The SMILES string of the molecule is Cc1ccc(C)c(CCN(C)CC2(C#N)CCC2)c1. The fourth-order valence-corrected chi connectivity index (χ4v) is 2.89. The lowest BCUT2D eigenvalue weighted by Gasteiger charge is -2.38. The summed E-state index contributed by atoms with van der Waals surface area (Å²) in [6.45, 7) is 6.28. The van der Waals surface area contributed by atoms with Gasteiger partial charge < -0.3 is 4.90 Å². The van der Waals surface area contributed by atoms with Gasteiger partial charge >= 0.3 is 0 Å². The molecular weight excluding hydrogens is 232 g/mol. The molecule has 0 atom stereocenters. The predicted octanol–water partition coefficient (Wildman–Crippen LogP) is 3.47. The zero-order valence-corrected chi connectivity index (χ0v) is 12.4. The van der Waals surface area contributed by atoms with E-state index < -0.39 is 0 Å². The van der Waals surface area contributed by atoms with Crippen molar-refractivity contribution in [3.63, 3.8) is 0 Å². The van der Waals surface area contributed by atoms with Gasteiger partial charge in [-0.25, -0.2) is 0 Å². The largest absolute Gasteiger partial charge is 0.304 e. The second-order valence-corrected chi connectivity index (χ2v) is 6.16. The normalized spacial score (nSPS) is 17.0. The molecule has 1 aliphatic rings. The van der Waals surface area contributed by atoms with Crippen LogP contribution in [-0.2, 0) is 6.42 Å². The molecule has 0 N–H and O–H groups in total. The summed E-state index contributed by atoms with van der Waals surface area (Å²) in [5.74, 6) is 0. The number of likely N-dealkylation sites (N-methyl/N-ethyl adjacent to an activating group) is 1. The lowest BCUT2D eigenvalue weighted by Crippen LogP contribution is -2.40. The topological polar surface area (TPSA) is 27.0 Å². The van der Waals surface area contributed by atoms with E-state index in [2.05, 4.69) is 50.1 Å². The maximum atomic E-state index is 9.27. The van der Waals surface area contributed by atoms with E-state index in [-0.39, 0.29) is 5.41 Å². The van der Waals surface area contributed by atoms with Crippen LogP contribution in [-0.4, -0.2) is 25.0 Å². The lowest BCUT2D eigenvalue weighted by molar-refractivity contribution is 0.139. The van der Waals surface area contributed by atoms with E-state index in [0.717, 1.165) is 32.4 Å². The lowest BCUT2D eigenvalue weighted by atomic mass is 9.69. The number of aryl methyl sites for hydroxylation is 2. The Morgan fingerprint density at radius 3 is 2.63 bits per heavy atom. The van der Waals surface area contributed by atoms with E-state index in [1.54, 1.807) is 0 Å². The summed E-state index contributed by atoms with van der Waals surface area (Å²) in [6.07, 6.45) is 4.46. The highest BCUT2D eigenvalue weighted by atomic mass is 15.1. The third-order valence-corrected chi connectivity index (χ3v) is 4.39. The van der Waals surface area contributed by atoms with Crippen molar-refractivity contribution in [2.45, 2.75) is 39.5 Å². The summed E-state index contributed by atoms with van der Waals surface area (Å²) >= 11 is 0. The monoisotopic (exact) mass is 256 g/mol. The van der Waals surface area contributed by atoms with Gasteiger partial charge in [-0.05, 0) is 51.3 Å². The van der Waals surface area contributed by atoms with E-state index >= 15 is 0 Å². The van der Waals surface area contributed by atoms with Crippen molar-refractivity contribution in [2.24, 2.45) is 5.41 Å². The minimum absolute atomic E-state index is 0.0452. The summed E-state index contributed by atoms with van der Waals surface area (Å²) in [6, 6.07) is 9.18. The molecule has 1 saturated carbocycles. The first-order chi connectivity index (χ1) is 9.04. The van der Waals surface area contributed by atoms with Crippen LogP contribution in [0.25, 0.3) is 0 Å². The number of nitrogens with zero attached hydrogens (tertiary/aromatic N) is 2. The predicted molar refractivity (Wildman–Crippen MR) is 79.0 cm³/mol. The van der Waals surface area contributed by atoms with E-state index in [4.69, 9.17) is 0 Å². The molecule has 0 heterocycles. The van der Waals surface area contributed by atoms with E-state index in [1.165, 1.54) is 23.1 Å².